The molecule has 2 aromatic heterocycles. The number of hydrogen-bond acceptors (Lipinski definition) is 6. The number of nitrogens with zero attached hydrogens (tertiary/aromatic N) is 5. The van der Waals surface area contributed by atoms with E-state index in [0.717, 1.165) is 14.2 Å². The molecule has 2 aliphatic heterocycles. The molecule has 0 saturated heterocycles. The van der Waals surface area contributed by atoms with Gasteiger partial charge in [-0.3, -0.25) is 4.79 Å². The van der Waals surface area contributed by atoms with Crippen molar-refractivity contribution in [3.63, 3.8) is 0 Å². The molecule has 5 rings (SSSR count). The highest BCUT2D eigenvalue weighted by atomic mass is 32.2. The molecule has 2 aromatic rings. The van der Waals surface area contributed by atoms with E-state index in [2.05, 4.69) is 10.1 Å². The second-order valence-electron chi connectivity index (χ2n) is 7.84. The van der Waals surface area contributed by atoms with Crippen molar-refractivity contribution in [2.45, 2.75) is 18.8 Å². The van der Waals surface area contributed by atoms with Crippen molar-refractivity contribution < 1.29 is 26.5 Å². The molecule has 1 amide bonds. The zero-order valence-electron chi connectivity index (χ0n) is 16.5. The molecule has 9 nitrogen and oxygen atoms in total. The third-order valence-corrected chi connectivity index (χ3v) is 7.58. The maximum Gasteiger partial charge on any atom is 0.327 e. The lowest BCUT2D eigenvalue weighted by Gasteiger charge is -2.26. The second kappa shape index (κ2) is 6.74. The van der Waals surface area contributed by atoms with Gasteiger partial charge in [-0.25, -0.2) is 22.4 Å². The van der Waals surface area contributed by atoms with Crippen molar-refractivity contribution >= 4 is 33.2 Å². The molecular weight excluding hydrogens is 432 g/mol. The van der Waals surface area contributed by atoms with Gasteiger partial charge in [0.25, 0.3) is 11.8 Å². The van der Waals surface area contributed by atoms with Gasteiger partial charge in [-0.05, 0) is 24.1 Å². The summed E-state index contributed by atoms with van der Waals surface area (Å²) < 4.78 is 59.1. The van der Waals surface area contributed by atoms with Crippen LogP contribution in [0.25, 0.3) is 5.57 Å². The van der Waals surface area contributed by atoms with Gasteiger partial charge in [-0.2, -0.15) is 8.42 Å². The lowest BCUT2D eigenvalue weighted by atomic mass is 10.1. The first-order valence-electron chi connectivity index (χ1n) is 9.73. The number of aromatic nitrogens is 2. The summed E-state index contributed by atoms with van der Waals surface area (Å²) in [4.78, 5) is 18.7. The predicted octanol–water partition coefficient (Wildman–Crippen LogP) is 2.16. The molecular formula is C19H19F2N5O4S. The molecule has 4 heterocycles. The summed E-state index contributed by atoms with van der Waals surface area (Å²) in [6, 6.07) is 4.73. The van der Waals surface area contributed by atoms with Crippen LogP contribution in [0.5, 0.6) is 0 Å². The molecule has 31 heavy (non-hydrogen) atoms. The van der Waals surface area contributed by atoms with E-state index in [1.54, 1.807) is 17.0 Å². The van der Waals surface area contributed by atoms with Gasteiger partial charge in [0.2, 0.25) is 0 Å². The number of halogens is 2. The quantitative estimate of drug-likeness (QED) is 0.706. The standard InChI is InChI=1S/C19H19F2N5O4S/c1-24-17-16(26(31(24,28)29)11-13-9-19(13,20)21)5-4-14(22-17)12-3-2-7-25(10-12)18(27)15-6-8-30-23-15/h3-6,8,13H,2,7,9-11H2,1H3. The third kappa shape index (κ3) is 3.25. The zero-order valence-corrected chi connectivity index (χ0v) is 17.3. The van der Waals surface area contributed by atoms with E-state index >= 15 is 0 Å². The number of carbonyl (C=O) groups excluding carboxylic acids is 1. The van der Waals surface area contributed by atoms with Gasteiger partial charge in [0, 0.05) is 45.1 Å². The van der Waals surface area contributed by atoms with Crippen molar-refractivity contribution in [3.05, 3.63) is 41.9 Å². The molecule has 1 atom stereocenters. The lowest BCUT2D eigenvalue weighted by Crippen LogP contribution is -2.37. The Labute approximate surface area is 177 Å². The fraction of sp³-hybridized carbons (Fsp3) is 0.421. The Morgan fingerprint density at radius 3 is 2.77 bits per heavy atom. The first-order chi connectivity index (χ1) is 14.7. The van der Waals surface area contributed by atoms with Crippen molar-refractivity contribution in [2.75, 3.05) is 35.3 Å². The summed E-state index contributed by atoms with van der Waals surface area (Å²) in [7, 11) is -2.61. The average Bonchev–Trinajstić information content (AvgIpc) is 3.10. The van der Waals surface area contributed by atoms with Gasteiger partial charge < -0.3 is 9.42 Å². The molecule has 0 radical (unpaired) electrons. The number of alkyl halides is 2. The number of pyridine rings is 1. The Hall–Kier alpha value is -3.02. The maximum atomic E-state index is 13.4. The van der Waals surface area contributed by atoms with Crippen LogP contribution in [0.2, 0.25) is 0 Å². The zero-order chi connectivity index (χ0) is 22.0. The van der Waals surface area contributed by atoms with Gasteiger partial charge in [-0.1, -0.05) is 11.2 Å². The topological polar surface area (TPSA) is 99.8 Å². The molecule has 1 unspecified atom stereocenters. The van der Waals surface area contributed by atoms with Gasteiger partial charge in [-0.15, -0.1) is 0 Å². The van der Waals surface area contributed by atoms with Crippen molar-refractivity contribution in [3.8, 4) is 0 Å². The van der Waals surface area contributed by atoms with Gasteiger partial charge in [0.15, 0.2) is 11.5 Å². The lowest BCUT2D eigenvalue weighted by molar-refractivity contribution is 0.0764. The monoisotopic (exact) mass is 451 g/mol. The number of hydrogen-bond donors (Lipinski definition) is 0. The molecule has 164 valence electrons. The number of amides is 1. The molecule has 0 bridgehead atoms. The number of carbonyl (C=O) groups is 1. The molecule has 12 heteroatoms. The van der Waals surface area contributed by atoms with Crippen LogP contribution in [0.15, 0.2) is 35.1 Å². The van der Waals surface area contributed by atoms with Crippen molar-refractivity contribution in [1.82, 2.24) is 15.0 Å². The molecule has 3 aliphatic rings. The Bertz CT molecular complexity index is 1180. The van der Waals surface area contributed by atoms with E-state index in [4.69, 9.17) is 4.52 Å². The van der Waals surface area contributed by atoms with Crippen LogP contribution < -0.4 is 8.61 Å². The van der Waals surface area contributed by atoms with Crippen LogP contribution >= 0.6 is 0 Å². The van der Waals surface area contributed by atoms with E-state index in [9.17, 15) is 22.0 Å². The molecule has 1 fully saturated rings. The van der Waals surface area contributed by atoms with Gasteiger partial charge >= 0.3 is 10.2 Å². The summed E-state index contributed by atoms with van der Waals surface area (Å²) in [5, 5.41) is 3.68. The number of anilines is 2. The molecule has 1 saturated carbocycles. The summed E-state index contributed by atoms with van der Waals surface area (Å²) in [6.07, 6.45) is 3.57. The minimum Gasteiger partial charge on any atom is -0.364 e. The van der Waals surface area contributed by atoms with Crippen LogP contribution in [0.1, 0.15) is 29.0 Å². The molecule has 0 N–H and O–H groups in total. The smallest absolute Gasteiger partial charge is 0.327 e. The first-order valence-corrected chi connectivity index (χ1v) is 11.1. The summed E-state index contributed by atoms with van der Waals surface area (Å²) in [5.74, 6) is -3.89. The molecule has 0 aromatic carbocycles. The highest BCUT2D eigenvalue weighted by Gasteiger charge is 2.59. The van der Waals surface area contributed by atoms with Gasteiger partial charge in [0.1, 0.15) is 6.26 Å². The minimum atomic E-state index is -3.96. The van der Waals surface area contributed by atoms with E-state index in [-0.39, 0.29) is 42.6 Å². The Balaban J connectivity index is 1.41. The van der Waals surface area contributed by atoms with Crippen LogP contribution in [0.4, 0.5) is 20.3 Å². The Kier molecular flexibility index (Phi) is 4.33. The fourth-order valence-corrected chi connectivity index (χ4v) is 5.28. The second-order valence-corrected chi connectivity index (χ2v) is 9.72. The van der Waals surface area contributed by atoms with E-state index in [1.165, 1.54) is 19.4 Å². The van der Waals surface area contributed by atoms with Crippen LogP contribution in [-0.2, 0) is 10.2 Å². The highest BCUT2D eigenvalue weighted by molar-refractivity contribution is 7.94. The SMILES string of the molecule is CN1c2nc(C3=CCCN(C(=O)c4ccon4)C3)ccc2N(CC2CC2(F)F)S1(=O)=O. The van der Waals surface area contributed by atoms with E-state index in [0.29, 0.717) is 18.7 Å². The Morgan fingerprint density at radius 1 is 1.32 bits per heavy atom. The minimum absolute atomic E-state index is 0.183. The molecule has 0 spiro atoms. The van der Waals surface area contributed by atoms with Crippen LogP contribution in [0.3, 0.4) is 0 Å². The van der Waals surface area contributed by atoms with Crippen LogP contribution in [-0.4, -0.2) is 62.0 Å². The number of fused-ring (bicyclic) bond motifs is 1. The Morgan fingerprint density at radius 2 is 2.10 bits per heavy atom. The normalized spacial score (nSPS) is 23.5. The highest BCUT2D eigenvalue weighted by Crippen LogP contribution is 2.51. The first kappa shape index (κ1) is 19.9. The summed E-state index contributed by atoms with van der Waals surface area (Å²) in [5.41, 5.74) is 1.78. The largest absolute Gasteiger partial charge is 0.364 e. The van der Waals surface area contributed by atoms with Gasteiger partial charge in [0.05, 0.1) is 11.4 Å². The maximum absolute atomic E-state index is 13.4. The summed E-state index contributed by atoms with van der Waals surface area (Å²) >= 11 is 0. The summed E-state index contributed by atoms with van der Waals surface area (Å²) in [6.45, 7) is 0.514. The average molecular weight is 451 g/mol. The van der Waals surface area contributed by atoms with E-state index in [1.807, 2.05) is 6.08 Å². The van der Waals surface area contributed by atoms with Crippen LogP contribution in [0, 0.1) is 5.92 Å². The fourth-order valence-electron chi connectivity index (χ4n) is 3.88. The van der Waals surface area contributed by atoms with Crippen molar-refractivity contribution in [1.29, 1.82) is 0 Å². The van der Waals surface area contributed by atoms with Crippen molar-refractivity contribution in [2.24, 2.45) is 5.92 Å². The predicted molar refractivity (Wildman–Crippen MR) is 107 cm³/mol. The van der Waals surface area contributed by atoms with E-state index < -0.39 is 22.0 Å². The number of rotatable bonds is 4. The third-order valence-electron chi connectivity index (χ3n) is 5.81. The molecule has 1 aliphatic carbocycles.